The van der Waals surface area contributed by atoms with Crippen LogP contribution in [0.4, 0.5) is 0 Å². The van der Waals surface area contributed by atoms with Crippen LogP contribution in [-0.4, -0.2) is 30.6 Å². The topological polar surface area (TPSA) is 38.3 Å². The smallest absolute Gasteiger partial charge is 0.230 e. The normalized spacial score (nSPS) is 14.0. The largest absolute Gasteiger partial charge is 0.493 e. The van der Waals surface area contributed by atoms with E-state index in [9.17, 15) is 4.79 Å². The lowest BCUT2D eigenvalue weighted by atomic mass is 10.1. The van der Waals surface area contributed by atoms with E-state index in [4.69, 9.17) is 4.74 Å². The van der Waals surface area contributed by atoms with Crippen molar-refractivity contribution in [2.45, 2.75) is 33.1 Å². The lowest BCUT2D eigenvalue weighted by molar-refractivity contribution is -0.118. The van der Waals surface area contributed by atoms with Crippen LogP contribution >= 0.6 is 11.8 Å². The fourth-order valence-electron chi connectivity index (χ4n) is 2.00. The predicted molar refractivity (Wildman–Crippen MR) is 89.1 cm³/mol. The number of nitrogens with one attached hydrogen (secondary N) is 1. The van der Waals surface area contributed by atoms with Gasteiger partial charge in [0.1, 0.15) is 5.75 Å². The minimum absolute atomic E-state index is 0.169. The van der Waals surface area contributed by atoms with E-state index >= 15 is 0 Å². The molecule has 1 aliphatic rings. The molecule has 4 heteroatoms. The van der Waals surface area contributed by atoms with Gasteiger partial charge in [-0.15, -0.1) is 0 Å². The van der Waals surface area contributed by atoms with E-state index in [1.165, 1.54) is 24.0 Å². The Morgan fingerprint density at radius 1 is 1.38 bits per heavy atom. The minimum Gasteiger partial charge on any atom is -0.493 e. The highest BCUT2D eigenvalue weighted by Crippen LogP contribution is 2.27. The lowest BCUT2D eigenvalue weighted by Gasteiger charge is -2.09. The average molecular weight is 307 g/mol. The van der Waals surface area contributed by atoms with Gasteiger partial charge in [0.15, 0.2) is 0 Å². The van der Waals surface area contributed by atoms with E-state index in [2.05, 4.69) is 37.4 Å². The molecule has 0 heterocycles. The van der Waals surface area contributed by atoms with Crippen molar-refractivity contribution in [2.75, 3.05) is 24.7 Å². The van der Waals surface area contributed by atoms with Crippen LogP contribution in [-0.2, 0) is 4.79 Å². The quantitative estimate of drug-likeness (QED) is 0.711. The summed E-state index contributed by atoms with van der Waals surface area (Å²) in [5, 5.41) is 2.98. The summed E-state index contributed by atoms with van der Waals surface area (Å²) < 4.78 is 5.80. The van der Waals surface area contributed by atoms with Crippen molar-refractivity contribution in [1.82, 2.24) is 5.32 Å². The molecule has 1 amide bonds. The molecule has 0 unspecified atom stereocenters. The maximum atomic E-state index is 11.5. The van der Waals surface area contributed by atoms with Gasteiger partial charge in [-0.1, -0.05) is 12.1 Å². The van der Waals surface area contributed by atoms with E-state index in [0.717, 1.165) is 30.4 Å². The third-order valence-corrected chi connectivity index (χ3v) is 4.60. The second-order valence-electron chi connectivity index (χ2n) is 5.77. The van der Waals surface area contributed by atoms with E-state index in [0.29, 0.717) is 12.4 Å². The number of amides is 1. The number of hydrogen-bond acceptors (Lipinski definition) is 3. The Labute approximate surface area is 131 Å². The summed E-state index contributed by atoms with van der Waals surface area (Å²) in [6, 6.07) is 6.26. The van der Waals surface area contributed by atoms with Crippen molar-refractivity contribution in [3.8, 4) is 5.75 Å². The molecule has 0 radical (unpaired) electrons. The van der Waals surface area contributed by atoms with Crippen LogP contribution in [0, 0.1) is 19.8 Å². The van der Waals surface area contributed by atoms with Gasteiger partial charge in [-0.25, -0.2) is 0 Å². The Kier molecular flexibility index (Phi) is 6.43. The van der Waals surface area contributed by atoms with Crippen LogP contribution in [0.1, 0.15) is 30.4 Å². The standard InChI is InChI=1S/C17H25NO2S/c1-13-4-5-14(2)16(10-13)20-8-3-9-21-12-17(19)18-11-15-6-7-15/h4-5,10,15H,3,6-9,11-12H2,1-2H3,(H,18,19). The van der Waals surface area contributed by atoms with Crippen molar-refractivity contribution >= 4 is 17.7 Å². The summed E-state index contributed by atoms with van der Waals surface area (Å²) >= 11 is 1.68. The fourth-order valence-corrected chi connectivity index (χ4v) is 2.76. The minimum atomic E-state index is 0.169. The maximum absolute atomic E-state index is 11.5. The summed E-state index contributed by atoms with van der Waals surface area (Å²) in [4.78, 5) is 11.5. The third-order valence-electron chi connectivity index (χ3n) is 3.55. The highest BCUT2D eigenvalue weighted by Gasteiger charge is 2.21. The molecule has 3 nitrogen and oxygen atoms in total. The number of benzene rings is 1. The summed E-state index contributed by atoms with van der Waals surface area (Å²) in [5.41, 5.74) is 2.39. The van der Waals surface area contributed by atoms with Crippen LogP contribution in [0.3, 0.4) is 0 Å². The highest BCUT2D eigenvalue weighted by atomic mass is 32.2. The molecule has 1 fully saturated rings. The van der Waals surface area contributed by atoms with Crippen LogP contribution in [0.5, 0.6) is 5.75 Å². The molecular weight excluding hydrogens is 282 g/mol. The Morgan fingerprint density at radius 3 is 2.95 bits per heavy atom. The molecule has 0 aliphatic heterocycles. The summed E-state index contributed by atoms with van der Waals surface area (Å²) in [6.07, 6.45) is 3.53. The lowest BCUT2D eigenvalue weighted by Crippen LogP contribution is -2.27. The zero-order chi connectivity index (χ0) is 15.1. The van der Waals surface area contributed by atoms with Gasteiger partial charge in [-0.2, -0.15) is 11.8 Å². The molecule has 1 aromatic rings. The van der Waals surface area contributed by atoms with Crippen LogP contribution in [0.25, 0.3) is 0 Å². The summed E-state index contributed by atoms with van der Waals surface area (Å²) in [7, 11) is 0. The number of ether oxygens (including phenoxy) is 1. The molecule has 0 atom stereocenters. The number of carbonyl (C=O) groups excluding carboxylic acids is 1. The molecule has 0 aromatic heterocycles. The SMILES string of the molecule is Cc1ccc(C)c(OCCCSCC(=O)NCC2CC2)c1. The van der Waals surface area contributed by atoms with Gasteiger partial charge in [0, 0.05) is 6.54 Å². The van der Waals surface area contributed by atoms with Gasteiger partial charge < -0.3 is 10.1 Å². The van der Waals surface area contributed by atoms with Crippen molar-refractivity contribution < 1.29 is 9.53 Å². The van der Waals surface area contributed by atoms with E-state index in [-0.39, 0.29) is 5.91 Å². The zero-order valence-electron chi connectivity index (χ0n) is 13.0. The summed E-state index contributed by atoms with van der Waals surface area (Å²) in [6.45, 7) is 5.71. The van der Waals surface area contributed by atoms with Crippen molar-refractivity contribution in [3.05, 3.63) is 29.3 Å². The average Bonchev–Trinajstić information content (AvgIpc) is 3.28. The predicted octanol–water partition coefficient (Wildman–Crippen LogP) is 3.33. The number of hydrogen-bond donors (Lipinski definition) is 1. The van der Waals surface area contributed by atoms with E-state index < -0.39 is 0 Å². The van der Waals surface area contributed by atoms with Gasteiger partial charge >= 0.3 is 0 Å². The molecule has 1 saturated carbocycles. The number of thioether (sulfide) groups is 1. The van der Waals surface area contributed by atoms with Gasteiger partial charge in [0.2, 0.25) is 5.91 Å². The molecule has 0 spiro atoms. The molecule has 116 valence electrons. The van der Waals surface area contributed by atoms with Crippen LogP contribution < -0.4 is 10.1 Å². The summed E-state index contributed by atoms with van der Waals surface area (Å²) in [5.74, 6) is 3.42. The van der Waals surface area contributed by atoms with E-state index in [1.54, 1.807) is 11.8 Å². The fraction of sp³-hybridized carbons (Fsp3) is 0.588. The Morgan fingerprint density at radius 2 is 2.19 bits per heavy atom. The van der Waals surface area contributed by atoms with Crippen molar-refractivity contribution in [2.24, 2.45) is 5.92 Å². The van der Waals surface area contributed by atoms with Gasteiger partial charge in [-0.05, 0) is 62.0 Å². The van der Waals surface area contributed by atoms with Crippen LogP contribution in [0.2, 0.25) is 0 Å². The second-order valence-corrected chi connectivity index (χ2v) is 6.88. The molecule has 1 aliphatic carbocycles. The van der Waals surface area contributed by atoms with Crippen molar-refractivity contribution in [1.29, 1.82) is 0 Å². The zero-order valence-corrected chi connectivity index (χ0v) is 13.8. The first-order valence-corrected chi connectivity index (χ1v) is 8.85. The molecule has 21 heavy (non-hydrogen) atoms. The molecule has 1 aromatic carbocycles. The monoisotopic (exact) mass is 307 g/mol. The second kappa shape index (κ2) is 8.32. The molecule has 2 rings (SSSR count). The number of rotatable bonds is 9. The highest BCUT2D eigenvalue weighted by molar-refractivity contribution is 7.99. The first-order valence-electron chi connectivity index (χ1n) is 7.69. The number of carbonyl (C=O) groups is 1. The third kappa shape index (κ3) is 6.42. The maximum Gasteiger partial charge on any atom is 0.230 e. The first kappa shape index (κ1) is 16.2. The molecule has 0 bridgehead atoms. The van der Waals surface area contributed by atoms with Gasteiger partial charge in [-0.3, -0.25) is 4.79 Å². The van der Waals surface area contributed by atoms with E-state index in [1.807, 2.05) is 0 Å². The Hall–Kier alpha value is -1.16. The van der Waals surface area contributed by atoms with Crippen molar-refractivity contribution in [3.63, 3.8) is 0 Å². The van der Waals surface area contributed by atoms with Gasteiger partial charge in [0.05, 0.1) is 12.4 Å². The van der Waals surface area contributed by atoms with Crippen LogP contribution in [0.15, 0.2) is 18.2 Å². The molecular formula is C17H25NO2S. The van der Waals surface area contributed by atoms with Gasteiger partial charge in [0.25, 0.3) is 0 Å². The molecule has 1 N–H and O–H groups in total. The first-order chi connectivity index (χ1) is 10.1. The Bertz CT molecular complexity index is 472. The Balaban J connectivity index is 1.51. The number of aryl methyl sites for hydroxylation is 2. The molecule has 0 saturated heterocycles.